The largest absolute Gasteiger partial charge is 0.444 e. The molecule has 6 nitrogen and oxygen atoms in total. The van der Waals surface area contributed by atoms with Gasteiger partial charge in [0.25, 0.3) is 0 Å². The summed E-state index contributed by atoms with van der Waals surface area (Å²) >= 11 is 0. The van der Waals surface area contributed by atoms with Crippen LogP contribution in [0.5, 0.6) is 0 Å². The van der Waals surface area contributed by atoms with Crippen molar-refractivity contribution < 1.29 is 9.53 Å². The molecule has 1 aromatic carbocycles. The fraction of sp³-hybridized carbons (Fsp3) is 0.522. The number of nitrogens with one attached hydrogen (secondary N) is 1. The third kappa shape index (κ3) is 5.46. The Hall–Kier alpha value is -2.63. The minimum absolute atomic E-state index is 0.355. The molecule has 2 aromatic heterocycles. The maximum Gasteiger partial charge on any atom is 0.407 e. The molecule has 0 fully saturated rings. The zero-order chi connectivity index (χ0) is 20.9. The van der Waals surface area contributed by atoms with Crippen molar-refractivity contribution in [2.24, 2.45) is 0 Å². The smallest absolute Gasteiger partial charge is 0.407 e. The second-order valence-electron chi connectivity index (χ2n) is 8.43. The Labute approximate surface area is 172 Å². The molecule has 1 N–H and O–H groups in total. The summed E-state index contributed by atoms with van der Waals surface area (Å²) in [5, 5.41) is 3.98. The van der Waals surface area contributed by atoms with Crippen LogP contribution in [0, 0.1) is 0 Å². The molecule has 6 heteroatoms. The second-order valence-corrected chi connectivity index (χ2v) is 8.43. The number of pyridine rings is 1. The molecule has 0 aliphatic heterocycles. The molecule has 0 spiro atoms. The lowest BCUT2D eigenvalue weighted by molar-refractivity contribution is 0.0527. The van der Waals surface area contributed by atoms with Crippen LogP contribution in [-0.4, -0.2) is 32.8 Å². The first kappa shape index (κ1) is 21.1. The fourth-order valence-electron chi connectivity index (χ4n) is 3.48. The summed E-state index contributed by atoms with van der Waals surface area (Å²) in [6, 6.07) is 8.23. The summed E-state index contributed by atoms with van der Waals surface area (Å²) in [6.07, 6.45) is 6.60. The van der Waals surface area contributed by atoms with Gasteiger partial charge >= 0.3 is 6.09 Å². The Morgan fingerprint density at radius 2 is 1.93 bits per heavy atom. The first-order chi connectivity index (χ1) is 13.9. The molecular weight excluding hydrogens is 364 g/mol. The average Bonchev–Trinajstić information content (AvgIpc) is 3.02. The topological polar surface area (TPSA) is 69.0 Å². The molecule has 0 atom stereocenters. The number of carbonyl (C=O) groups is 1. The van der Waals surface area contributed by atoms with E-state index < -0.39 is 5.60 Å². The zero-order valence-corrected chi connectivity index (χ0v) is 18.0. The number of unbranched alkanes of at least 4 members (excludes halogenated alkanes) is 2. The van der Waals surface area contributed by atoms with Crippen LogP contribution >= 0.6 is 0 Å². The lowest BCUT2D eigenvalue weighted by atomic mass is 10.2. The maximum absolute atomic E-state index is 11.8. The van der Waals surface area contributed by atoms with Crippen molar-refractivity contribution in [2.45, 2.75) is 71.9 Å². The molecule has 0 unspecified atom stereocenters. The highest BCUT2D eigenvalue weighted by Crippen LogP contribution is 2.26. The number of alkyl carbamates (subject to hydrolysis) is 1. The van der Waals surface area contributed by atoms with Gasteiger partial charge in [-0.05, 0) is 46.1 Å². The third-order valence-corrected chi connectivity index (χ3v) is 4.79. The Kier molecular flexibility index (Phi) is 6.72. The number of benzene rings is 1. The van der Waals surface area contributed by atoms with E-state index in [1.54, 1.807) is 0 Å². The van der Waals surface area contributed by atoms with E-state index in [0.717, 1.165) is 60.9 Å². The van der Waals surface area contributed by atoms with Crippen molar-refractivity contribution in [2.75, 3.05) is 6.54 Å². The maximum atomic E-state index is 11.8. The number of nitrogens with zero attached hydrogens (tertiary/aromatic N) is 3. The van der Waals surface area contributed by atoms with Crippen LogP contribution < -0.4 is 5.32 Å². The first-order valence-corrected chi connectivity index (χ1v) is 10.6. The summed E-state index contributed by atoms with van der Waals surface area (Å²) in [4.78, 5) is 21.2. The molecule has 0 bridgehead atoms. The van der Waals surface area contributed by atoms with Gasteiger partial charge in [0.2, 0.25) is 0 Å². The van der Waals surface area contributed by atoms with Crippen molar-refractivity contribution in [1.29, 1.82) is 0 Å². The van der Waals surface area contributed by atoms with Crippen LogP contribution in [0.25, 0.3) is 21.9 Å². The Balaban J connectivity index is 1.71. The van der Waals surface area contributed by atoms with Gasteiger partial charge in [-0.1, -0.05) is 31.5 Å². The predicted octanol–water partition coefficient (Wildman–Crippen LogP) is 5.23. The highest BCUT2D eigenvalue weighted by molar-refractivity contribution is 6.02. The minimum atomic E-state index is -0.469. The van der Waals surface area contributed by atoms with E-state index in [1.165, 1.54) is 5.52 Å². The van der Waals surface area contributed by atoms with Gasteiger partial charge in [-0.25, -0.2) is 9.78 Å². The molecular formula is C23H32N4O2. The van der Waals surface area contributed by atoms with Gasteiger partial charge < -0.3 is 14.6 Å². The molecule has 0 saturated heterocycles. The number of carbonyl (C=O) groups excluding carboxylic acids is 1. The van der Waals surface area contributed by atoms with Gasteiger partial charge in [0.15, 0.2) is 0 Å². The summed E-state index contributed by atoms with van der Waals surface area (Å²) in [5.74, 6) is 1.13. The van der Waals surface area contributed by atoms with Gasteiger partial charge in [0, 0.05) is 24.9 Å². The van der Waals surface area contributed by atoms with Gasteiger partial charge in [0.05, 0.1) is 17.2 Å². The number of aromatic nitrogens is 3. The number of hydrogen-bond donors (Lipinski definition) is 1. The van der Waals surface area contributed by atoms with E-state index in [0.29, 0.717) is 6.54 Å². The van der Waals surface area contributed by atoms with E-state index in [4.69, 9.17) is 9.72 Å². The predicted molar refractivity (Wildman–Crippen MR) is 117 cm³/mol. The van der Waals surface area contributed by atoms with Gasteiger partial charge in [0.1, 0.15) is 16.9 Å². The number of para-hydroxylation sites is 1. The van der Waals surface area contributed by atoms with Crippen LogP contribution in [0.1, 0.15) is 59.2 Å². The SMILES string of the molecule is CCCCc1nc2cnc3ccccc3c2n1CCCCNC(=O)OC(C)(C)C. The first-order valence-electron chi connectivity index (χ1n) is 10.6. The Bertz CT molecular complexity index is 972. The van der Waals surface area contributed by atoms with Crippen LogP contribution in [-0.2, 0) is 17.7 Å². The summed E-state index contributed by atoms with van der Waals surface area (Å²) in [6.45, 7) is 9.29. The zero-order valence-electron chi connectivity index (χ0n) is 18.0. The number of hydrogen-bond acceptors (Lipinski definition) is 4. The number of rotatable bonds is 8. The quantitative estimate of drug-likeness (QED) is 0.529. The van der Waals surface area contributed by atoms with E-state index in [2.05, 4.69) is 33.9 Å². The number of amides is 1. The average molecular weight is 397 g/mol. The monoisotopic (exact) mass is 396 g/mol. The van der Waals surface area contributed by atoms with E-state index >= 15 is 0 Å². The number of aryl methyl sites for hydroxylation is 2. The summed E-state index contributed by atoms with van der Waals surface area (Å²) in [7, 11) is 0. The van der Waals surface area contributed by atoms with Crippen molar-refractivity contribution in [1.82, 2.24) is 19.9 Å². The fourth-order valence-corrected chi connectivity index (χ4v) is 3.48. The van der Waals surface area contributed by atoms with Gasteiger partial charge in [-0.2, -0.15) is 0 Å². The van der Waals surface area contributed by atoms with Crippen molar-refractivity contribution in [3.8, 4) is 0 Å². The molecule has 2 heterocycles. The standard InChI is InChI=1S/C23H32N4O2/c1-5-6-13-20-26-19-16-25-18-12-8-7-11-17(18)21(19)27(20)15-10-9-14-24-22(28)29-23(2,3)4/h7-8,11-12,16H,5-6,9-10,13-15H2,1-4H3,(H,24,28). The molecule has 3 aromatic rings. The molecule has 1 amide bonds. The number of ether oxygens (including phenoxy) is 1. The summed E-state index contributed by atoms with van der Waals surface area (Å²) in [5.41, 5.74) is 2.65. The van der Waals surface area contributed by atoms with Crippen molar-refractivity contribution >= 4 is 28.0 Å². The van der Waals surface area contributed by atoms with Crippen LogP contribution in [0.3, 0.4) is 0 Å². The van der Waals surface area contributed by atoms with Gasteiger partial charge in [-0.3, -0.25) is 4.98 Å². The van der Waals surface area contributed by atoms with Gasteiger partial charge in [-0.15, -0.1) is 0 Å². The Morgan fingerprint density at radius 1 is 1.14 bits per heavy atom. The van der Waals surface area contributed by atoms with Crippen molar-refractivity contribution in [3.05, 3.63) is 36.3 Å². The molecule has 156 valence electrons. The molecule has 0 radical (unpaired) electrons. The Morgan fingerprint density at radius 3 is 2.69 bits per heavy atom. The minimum Gasteiger partial charge on any atom is -0.444 e. The van der Waals surface area contributed by atoms with Crippen molar-refractivity contribution in [3.63, 3.8) is 0 Å². The van der Waals surface area contributed by atoms with E-state index in [1.807, 2.05) is 39.1 Å². The highest BCUT2D eigenvalue weighted by Gasteiger charge is 2.16. The highest BCUT2D eigenvalue weighted by atomic mass is 16.6. The normalized spacial score (nSPS) is 11.9. The lowest BCUT2D eigenvalue weighted by Gasteiger charge is -2.19. The molecule has 0 saturated carbocycles. The third-order valence-electron chi connectivity index (χ3n) is 4.79. The van der Waals surface area contributed by atoms with E-state index in [9.17, 15) is 4.79 Å². The van der Waals surface area contributed by atoms with Crippen LogP contribution in [0.15, 0.2) is 30.5 Å². The molecule has 0 aliphatic rings. The van der Waals surface area contributed by atoms with Crippen LogP contribution in [0.4, 0.5) is 4.79 Å². The van der Waals surface area contributed by atoms with Crippen LogP contribution in [0.2, 0.25) is 0 Å². The number of fused-ring (bicyclic) bond motifs is 3. The van der Waals surface area contributed by atoms with E-state index in [-0.39, 0.29) is 6.09 Å². The lowest BCUT2D eigenvalue weighted by Crippen LogP contribution is -2.33. The number of imidazole rings is 1. The molecule has 29 heavy (non-hydrogen) atoms. The molecule has 3 rings (SSSR count). The summed E-state index contributed by atoms with van der Waals surface area (Å²) < 4.78 is 7.64. The molecule has 0 aliphatic carbocycles. The second kappa shape index (κ2) is 9.25.